The highest BCUT2D eigenvalue weighted by atomic mass is 16.6. The van der Waals surface area contributed by atoms with Crippen LogP contribution in [-0.2, 0) is 35.0 Å². The Kier molecular flexibility index (Phi) is 13.8. The Labute approximate surface area is 281 Å². The van der Waals surface area contributed by atoms with Gasteiger partial charge in [-0.25, -0.2) is 9.59 Å². The second-order valence-corrected chi connectivity index (χ2v) is 13.4. The summed E-state index contributed by atoms with van der Waals surface area (Å²) in [6.45, 7) is 12.6. The van der Waals surface area contributed by atoms with Crippen LogP contribution in [-0.4, -0.2) is 52.6 Å². The molecule has 252 valence electrons. The van der Waals surface area contributed by atoms with Crippen molar-refractivity contribution in [1.82, 2.24) is 0 Å². The number of rotatable bonds is 17. The quantitative estimate of drug-likeness (QED) is 0.108. The maximum Gasteiger partial charge on any atom is 0.335 e. The van der Waals surface area contributed by atoms with Gasteiger partial charge in [-0.05, 0) is 95.4 Å². The molecule has 1 aliphatic carbocycles. The number of ether oxygens (including phenoxy) is 4. The van der Waals surface area contributed by atoms with Crippen LogP contribution in [0.4, 0.5) is 0 Å². The van der Waals surface area contributed by atoms with Crippen molar-refractivity contribution in [2.24, 2.45) is 17.8 Å². The molecular weight excluding hydrogens is 588 g/mol. The Morgan fingerprint density at radius 2 is 1.30 bits per heavy atom. The summed E-state index contributed by atoms with van der Waals surface area (Å²) in [7, 11) is 3.01. The number of benzene rings is 3. The second kappa shape index (κ2) is 18.0. The van der Waals surface area contributed by atoms with Crippen LogP contribution in [0, 0.1) is 17.8 Å². The number of carbonyl (C=O) groups is 2. The Morgan fingerprint density at radius 1 is 0.745 bits per heavy atom. The molecule has 6 heteroatoms. The van der Waals surface area contributed by atoms with Gasteiger partial charge in [-0.15, -0.1) is 0 Å². The minimum Gasteiger partial charge on any atom is -0.462 e. The van der Waals surface area contributed by atoms with Crippen molar-refractivity contribution in [3.8, 4) is 11.1 Å². The molecule has 0 heterocycles. The van der Waals surface area contributed by atoms with E-state index in [0.29, 0.717) is 5.92 Å². The van der Waals surface area contributed by atoms with Crippen molar-refractivity contribution < 1.29 is 28.5 Å². The van der Waals surface area contributed by atoms with Gasteiger partial charge < -0.3 is 18.9 Å². The van der Waals surface area contributed by atoms with Crippen LogP contribution in [0.25, 0.3) is 21.9 Å². The predicted octanol–water partition coefficient (Wildman–Crippen LogP) is 8.87. The van der Waals surface area contributed by atoms with Gasteiger partial charge in [-0.2, -0.15) is 0 Å². The summed E-state index contributed by atoms with van der Waals surface area (Å²) in [5.74, 6) is 0.355. The molecule has 4 rings (SSSR count). The van der Waals surface area contributed by atoms with Gasteiger partial charge in [-0.1, -0.05) is 88.0 Å². The molecule has 1 aliphatic rings. The zero-order chi connectivity index (χ0) is 33.8. The number of esters is 2. The molecule has 0 aromatic heterocycles. The summed E-state index contributed by atoms with van der Waals surface area (Å²) in [6.07, 6.45) is 7.58. The van der Waals surface area contributed by atoms with Crippen LogP contribution in [0.3, 0.4) is 0 Å². The zero-order valence-electron chi connectivity index (χ0n) is 28.7. The fourth-order valence-corrected chi connectivity index (χ4v) is 6.57. The van der Waals surface area contributed by atoms with Crippen molar-refractivity contribution in [2.45, 2.75) is 64.7 Å². The van der Waals surface area contributed by atoms with E-state index in [1.165, 1.54) is 60.1 Å². The van der Waals surface area contributed by atoms with Crippen LogP contribution in [0.15, 0.2) is 85.0 Å². The third-order valence-corrected chi connectivity index (χ3v) is 9.38. The first-order valence-corrected chi connectivity index (χ1v) is 17.0. The first kappa shape index (κ1) is 36.1. The average molecular weight is 641 g/mol. The van der Waals surface area contributed by atoms with Gasteiger partial charge in [0.2, 0.25) is 0 Å². The highest BCUT2D eigenvalue weighted by molar-refractivity contribution is 5.89. The fraction of sp³-hybridized carbons (Fsp3) is 0.463. The zero-order valence-corrected chi connectivity index (χ0v) is 28.7. The third-order valence-electron chi connectivity index (χ3n) is 9.38. The fourth-order valence-electron chi connectivity index (χ4n) is 6.57. The molecular formula is C41H52O6. The SMILES string of the molecule is C=C(COC)C(=O)OCC(COC(=O)C(=C)COC)C1CCC(c2ccc(-c3ccc4cc(CCCC(C)C)ccc4c3)cc2)CC1. The molecule has 0 N–H and O–H groups in total. The molecule has 1 saturated carbocycles. The number of fused-ring (bicyclic) bond motifs is 1. The van der Waals surface area contributed by atoms with Crippen molar-refractivity contribution in [3.63, 3.8) is 0 Å². The number of aryl methyl sites for hydroxylation is 1. The summed E-state index contributed by atoms with van der Waals surface area (Å²) in [6, 6.07) is 22.7. The standard InChI is InChI=1S/C41H52O6/c1-28(2)8-7-9-31-10-11-38-23-37(21-20-36(38)22-31)34-16-12-32(13-17-34)33-14-18-35(19-15-33)39(26-46-40(42)29(3)24-44-5)27-47-41(43)30(4)25-45-6/h10-13,16-17,20-23,28,33,35,39H,3-4,7-9,14-15,18-19,24-27H2,1-2,5-6H3. The largest absolute Gasteiger partial charge is 0.462 e. The van der Waals surface area contributed by atoms with Crippen molar-refractivity contribution in [2.75, 3.05) is 40.6 Å². The van der Waals surface area contributed by atoms with Crippen molar-refractivity contribution in [3.05, 3.63) is 96.1 Å². The summed E-state index contributed by atoms with van der Waals surface area (Å²) in [5.41, 5.74) is 5.73. The van der Waals surface area contributed by atoms with Gasteiger partial charge in [0.1, 0.15) is 0 Å². The van der Waals surface area contributed by atoms with Crippen LogP contribution in [0.2, 0.25) is 0 Å². The van der Waals surface area contributed by atoms with E-state index < -0.39 is 11.9 Å². The lowest BCUT2D eigenvalue weighted by molar-refractivity contribution is -0.146. The molecule has 3 aromatic carbocycles. The number of hydrogen-bond acceptors (Lipinski definition) is 6. The smallest absolute Gasteiger partial charge is 0.335 e. The number of hydrogen-bond donors (Lipinski definition) is 0. The van der Waals surface area contributed by atoms with Gasteiger partial charge in [0.25, 0.3) is 0 Å². The van der Waals surface area contributed by atoms with E-state index in [9.17, 15) is 9.59 Å². The first-order valence-electron chi connectivity index (χ1n) is 17.0. The van der Waals surface area contributed by atoms with Crippen LogP contribution < -0.4 is 0 Å². The lowest BCUT2D eigenvalue weighted by Gasteiger charge is -2.33. The van der Waals surface area contributed by atoms with E-state index in [-0.39, 0.29) is 49.4 Å². The highest BCUT2D eigenvalue weighted by Gasteiger charge is 2.31. The molecule has 0 aliphatic heterocycles. The van der Waals surface area contributed by atoms with Gasteiger partial charge in [0.05, 0.1) is 37.6 Å². The van der Waals surface area contributed by atoms with E-state index in [1.807, 2.05) is 0 Å². The maximum absolute atomic E-state index is 12.4. The molecule has 47 heavy (non-hydrogen) atoms. The summed E-state index contributed by atoms with van der Waals surface area (Å²) in [4.78, 5) is 24.8. The van der Waals surface area contributed by atoms with Gasteiger partial charge in [0.15, 0.2) is 0 Å². The molecule has 6 nitrogen and oxygen atoms in total. The average Bonchev–Trinajstić information content (AvgIpc) is 3.08. The van der Waals surface area contributed by atoms with Crippen LogP contribution in [0.1, 0.15) is 69.4 Å². The van der Waals surface area contributed by atoms with Gasteiger partial charge in [-0.3, -0.25) is 0 Å². The lowest BCUT2D eigenvalue weighted by Crippen LogP contribution is -2.31. The van der Waals surface area contributed by atoms with Crippen LogP contribution in [0.5, 0.6) is 0 Å². The monoisotopic (exact) mass is 640 g/mol. The molecule has 0 atom stereocenters. The minimum absolute atomic E-state index is 0.111. The normalized spacial score (nSPS) is 16.4. The lowest BCUT2D eigenvalue weighted by atomic mass is 9.74. The topological polar surface area (TPSA) is 71.1 Å². The Bertz CT molecular complexity index is 1460. The summed E-state index contributed by atoms with van der Waals surface area (Å²) in [5, 5.41) is 2.57. The minimum atomic E-state index is -0.492. The van der Waals surface area contributed by atoms with E-state index in [2.05, 4.69) is 87.7 Å². The van der Waals surface area contributed by atoms with Crippen LogP contribution >= 0.6 is 0 Å². The molecule has 3 aromatic rings. The molecule has 0 spiro atoms. The Balaban J connectivity index is 1.35. The van der Waals surface area contributed by atoms with E-state index in [0.717, 1.165) is 38.0 Å². The number of carbonyl (C=O) groups excluding carboxylic acids is 2. The molecule has 1 fully saturated rings. The maximum atomic E-state index is 12.4. The third kappa shape index (κ3) is 10.6. The molecule has 0 saturated heterocycles. The highest BCUT2D eigenvalue weighted by Crippen LogP contribution is 2.40. The second-order valence-electron chi connectivity index (χ2n) is 13.4. The molecule has 0 radical (unpaired) electrons. The van der Waals surface area contributed by atoms with Crippen molar-refractivity contribution in [1.29, 1.82) is 0 Å². The van der Waals surface area contributed by atoms with E-state index in [4.69, 9.17) is 18.9 Å². The Morgan fingerprint density at radius 3 is 1.87 bits per heavy atom. The Hall–Kier alpha value is -3.74. The molecule has 0 unspecified atom stereocenters. The van der Waals surface area contributed by atoms with Gasteiger partial charge >= 0.3 is 11.9 Å². The van der Waals surface area contributed by atoms with Crippen molar-refractivity contribution >= 4 is 22.7 Å². The summed E-state index contributed by atoms with van der Waals surface area (Å²) >= 11 is 0. The molecule has 0 bridgehead atoms. The van der Waals surface area contributed by atoms with Gasteiger partial charge in [0, 0.05) is 20.1 Å². The number of methoxy groups -OCH3 is 2. The van der Waals surface area contributed by atoms with E-state index >= 15 is 0 Å². The summed E-state index contributed by atoms with van der Waals surface area (Å²) < 4.78 is 21.2. The predicted molar refractivity (Wildman–Crippen MR) is 189 cm³/mol. The van der Waals surface area contributed by atoms with E-state index in [1.54, 1.807) is 0 Å². The first-order chi connectivity index (χ1) is 22.7. The molecule has 0 amide bonds.